The monoisotopic (exact) mass is 400 g/mol. The largest absolute Gasteiger partial charge is 0.504 e. The van der Waals surface area contributed by atoms with Gasteiger partial charge >= 0.3 is 11.9 Å². The maximum absolute atomic E-state index is 11.2. The fraction of sp³-hybridized carbons (Fsp3) is 0.444. The number of esters is 1. The number of carbonyl (C=O) groups excluding carboxylic acids is 1. The van der Waals surface area contributed by atoms with Crippen molar-refractivity contribution in [1.29, 1.82) is 0 Å². The number of thiol groups is 1. The highest BCUT2D eigenvalue weighted by atomic mass is 32.2. The number of rotatable bonds is 11. The van der Waals surface area contributed by atoms with Crippen LogP contribution in [-0.4, -0.2) is 45.4 Å². The van der Waals surface area contributed by atoms with Crippen molar-refractivity contribution in [2.75, 3.05) is 12.9 Å². The Morgan fingerprint density at radius 1 is 1.27 bits per heavy atom. The molecule has 0 aliphatic carbocycles. The van der Waals surface area contributed by atoms with Crippen LogP contribution in [0.25, 0.3) is 6.08 Å². The highest BCUT2D eigenvalue weighted by Crippen LogP contribution is 2.39. The van der Waals surface area contributed by atoms with E-state index >= 15 is 0 Å². The highest BCUT2D eigenvalue weighted by molar-refractivity contribution is 7.99. The molecule has 1 aromatic carbocycles. The van der Waals surface area contributed by atoms with Gasteiger partial charge in [0.05, 0.1) is 12.0 Å². The van der Waals surface area contributed by atoms with Gasteiger partial charge in [0.1, 0.15) is 0 Å². The number of unbranched alkanes of at least 4 members (excludes halogenated alkanes) is 1. The van der Waals surface area contributed by atoms with Gasteiger partial charge in [-0.15, -0.1) is 11.8 Å². The SMILES string of the molecule is COC(=O)/C=C/c1ccc(O)c(O)c1SCCC(S)CCCCC(=O)O. The molecule has 144 valence electrons. The summed E-state index contributed by atoms with van der Waals surface area (Å²) in [4.78, 5) is 22.2. The number of carboxylic acids is 1. The summed E-state index contributed by atoms with van der Waals surface area (Å²) in [5.74, 6) is -1.09. The molecule has 0 radical (unpaired) electrons. The lowest BCUT2D eigenvalue weighted by molar-refractivity contribution is -0.137. The topological polar surface area (TPSA) is 104 Å². The molecule has 8 heteroatoms. The number of phenolic OH excluding ortho intramolecular Hbond substituents is 2. The average Bonchev–Trinajstić information content (AvgIpc) is 2.61. The minimum absolute atomic E-state index is 0.129. The lowest BCUT2D eigenvalue weighted by Gasteiger charge is -2.12. The second-order valence-electron chi connectivity index (χ2n) is 5.64. The number of hydrogen-bond donors (Lipinski definition) is 4. The molecule has 3 N–H and O–H groups in total. The molecule has 1 rings (SSSR count). The Morgan fingerprint density at radius 2 is 2.00 bits per heavy atom. The molecule has 0 aromatic heterocycles. The van der Waals surface area contributed by atoms with E-state index in [1.165, 1.54) is 37.1 Å². The molecule has 0 saturated carbocycles. The van der Waals surface area contributed by atoms with Gasteiger partial charge in [-0.2, -0.15) is 12.6 Å². The van der Waals surface area contributed by atoms with Gasteiger partial charge in [0.2, 0.25) is 0 Å². The molecule has 0 heterocycles. The molecule has 0 bridgehead atoms. The predicted molar refractivity (Wildman–Crippen MR) is 105 cm³/mol. The first kappa shape index (κ1) is 22.2. The Kier molecular flexibility index (Phi) is 10.0. The molecular formula is C18H24O6S2. The smallest absolute Gasteiger partial charge is 0.330 e. The first-order valence-corrected chi connectivity index (χ1v) is 9.69. The summed E-state index contributed by atoms with van der Waals surface area (Å²) in [6.45, 7) is 0. The molecule has 1 unspecified atom stereocenters. The molecule has 1 atom stereocenters. The van der Waals surface area contributed by atoms with Crippen LogP contribution in [0.2, 0.25) is 0 Å². The summed E-state index contributed by atoms with van der Waals surface area (Å²) in [5.41, 5.74) is 0.605. The quantitative estimate of drug-likeness (QED) is 0.112. The van der Waals surface area contributed by atoms with Crippen LogP contribution in [0.5, 0.6) is 11.5 Å². The fourth-order valence-electron chi connectivity index (χ4n) is 2.18. The third kappa shape index (κ3) is 8.05. The second-order valence-corrected chi connectivity index (χ2v) is 7.47. The van der Waals surface area contributed by atoms with Crippen LogP contribution >= 0.6 is 24.4 Å². The zero-order valence-corrected chi connectivity index (χ0v) is 16.3. The summed E-state index contributed by atoms with van der Waals surface area (Å²) in [6, 6.07) is 2.97. The number of phenols is 2. The lowest BCUT2D eigenvalue weighted by atomic mass is 10.1. The van der Waals surface area contributed by atoms with Gasteiger partial charge in [0.15, 0.2) is 11.5 Å². The van der Waals surface area contributed by atoms with Crippen LogP contribution in [0.4, 0.5) is 0 Å². The molecule has 26 heavy (non-hydrogen) atoms. The van der Waals surface area contributed by atoms with Crippen molar-refractivity contribution >= 4 is 42.4 Å². The van der Waals surface area contributed by atoms with Crippen LogP contribution in [0.3, 0.4) is 0 Å². The molecule has 0 aliphatic heterocycles. The Morgan fingerprint density at radius 3 is 2.65 bits per heavy atom. The average molecular weight is 401 g/mol. The van der Waals surface area contributed by atoms with Crippen molar-refractivity contribution in [2.45, 2.75) is 42.2 Å². The number of methoxy groups -OCH3 is 1. The van der Waals surface area contributed by atoms with Crippen LogP contribution in [0, 0.1) is 0 Å². The van der Waals surface area contributed by atoms with E-state index in [9.17, 15) is 19.8 Å². The fourth-order valence-corrected chi connectivity index (χ4v) is 3.82. The Bertz CT molecular complexity index is 645. The summed E-state index contributed by atoms with van der Waals surface area (Å²) in [7, 11) is 1.28. The number of carboxylic acid groups (broad SMARTS) is 1. The molecule has 1 aromatic rings. The van der Waals surface area contributed by atoms with Gasteiger partial charge in [0, 0.05) is 17.7 Å². The van der Waals surface area contributed by atoms with Gasteiger partial charge in [0.25, 0.3) is 0 Å². The summed E-state index contributed by atoms with van der Waals surface area (Å²) < 4.78 is 4.55. The van der Waals surface area contributed by atoms with Crippen molar-refractivity contribution < 1.29 is 29.6 Å². The van der Waals surface area contributed by atoms with E-state index in [1.807, 2.05) is 0 Å². The number of hydrogen-bond acceptors (Lipinski definition) is 7. The number of ether oxygens (including phenoxy) is 1. The van der Waals surface area contributed by atoms with Crippen LogP contribution in [-0.2, 0) is 14.3 Å². The number of aromatic hydroxyl groups is 2. The van der Waals surface area contributed by atoms with E-state index in [-0.39, 0.29) is 23.2 Å². The van der Waals surface area contributed by atoms with Crippen molar-refractivity contribution in [3.05, 3.63) is 23.8 Å². The number of carbonyl (C=O) groups is 2. The van der Waals surface area contributed by atoms with Crippen molar-refractivity contribution in [2.24, 2.45) is 0 Å². The van der Waals surface area contributed by atoms with E-state index in [0.717, 1.165) is 19.3 Å². The van der Waals surface area contributed by atoms with E-state index in [0.29, 0.717) is 22.6 Å². The van der Waals surface area contributed by atoms with Crippen molar-refractivity contribution in [3.63, 3.8) is 0 Å². The normalized spacial score (nSPS) is 12.2. The Balaban J connectivity index is 2.60. The zero-order valence-electron chi connectivity index (χ0n) is 14.6. The number of benzene rings is 1. The van der Waals surface area contributed by atoms with Crippen LogP contribution < -0.4 is 0 Å². The van der Waals surface area contributed by atoms with Gasteiger partial charge in [-0.25, -0.2) is 4.79 Å². The maximum atomic E-state index is 11.2. The Hall–Kier alpha value is -1.80. The van der Waals surface area contributed by atoms with Gasteiger partial charge in [-0.3, -0.25) is 4.79 Å². The van der Waals surface area contributed by atoms with E-state index in [1.54, 1.807) is 6.07 Å². The zero-order chi connectivity index (χ0) is 19.5. The van der Waals surface area contributed by atoms with Gasteiger partial charge in [-0.05, 0) is 48.8 Å². The summed E-state index contributed by atoms with van der Waals surface area (Å²) in [5, 5.41) is 28.5. The molecule has 6 nitrogen and oxygen atoms in total. The first-order chi connectivity index (χ1) is 12.3. The van der Waals surface area contributed by atoms with Crippen molar-refractivity contribution in [3.8, 4) is 11.5 Å². The predicted octanol–water partition coefficient (Wildman–Crippen LogP) is 3.71. The lowest BCUT2D eigenvalue weighted by Crippen LogP contribution is -2.02. The molecular weight excluding hydrogens is 376 g/mol. The third-order valence-corrected chi connectivity index (χ3v) is 5.29. The first-order valence-electron chi connectivity index (χ1n) is 8.18. The molecule has 0 fully saturated rings. The molecule has 0 saturated heterocycles. The minimum Gasteiger partial charge on any atom is -0.504 e. The summed E-state index contributed by atoms with van der Waals surface area (Å²) >= 11 is 5.87. The second kappa shape index (κ2) is 11.7. The number of thioether (sulfide) groups is 1. The van der Waals surface area contributed by atoms with Crippen LogP contribution in [0.1, 0.15) is 37.7 Å². The standard InChI is InChI=1S/C18H24O6S2/c1-24-16(22)9-7-12-6-8-14(19)17(23)18(12)26-11-10-13(25)4-2-3-5-15(20)21/h6-9,13,19,23,25H,2-5,10-11H2,1H3,(H,20,21)/b9-7+. The van der Waals surface area contributed by atoms with Crippen LogP contribution in [0.15, 0.2) is 23.1 Å². The summed E-state index contributed by atoms with van der Waals surface area (Å²) in [6.07, 6.45) is 5.96. The van der Waals surface area contributed by atoms with Gasteiger partial charge < -0.3 is 20.1 Å². The third-order valence-electron chi connectivity index (χ3n) is 3.62. The number of aliphatic carboxylic acids is 1. The van der Waals surface area contributed by atoms with Gasteiger partial charge in [-0.1, -0.05) is 6.42 Å². The molecule has 0 spiro atoms. The molecule has 0 amide bonds. The van der Waals surface area contributed by atoms with E-state index in [4.69, 9.17) is 5.11 Å². The van der Waals surface area contributed by atoms with E-state index in [2.05, 4.69) is 17.4 Å². The minimum atomic E-state index is -0.789. The Labute approximate surface area is 162 Å². The highest BCUT2D eigenvalue weighted by Gasteiger charge is 2.13. The maximum Gasteiger partial charge on any atom is 0.330 e. The molecule has 0 aliphatic rings. The van der Waals surface area contributed by atoms with Crippen molar-refractivity contribution in [1.82, 2.24) is 0 Å². The van der Waals surface area contributed by atoms with E-state index < -0.39 is 11.9 Å².